The van der Waals surface area contributed by atoms with Crippen molar-refractivity contribution in [3.05, 3.63) is 45.4 Å². The van der Waals surface area contributed by atoms with Gasteiger partial charge in [0.15, 0.2) is 0 Å². The van der Waals surface area contributed by atoms with Crippen LogP contribution in [0.3, 0.4) is 0 Å². The molecule has 5 heteroatoms. The number of ether oxygens (including phenoxy) is 1. The first-order chi connectivity index (χ1) is 10.7. The molecule has 1 fully saturated rings. The van der Waals surface area contributed by atoms with Gasteiger partial charge in [0.05, 0.1) is 12.6 Å². The van der Waals surface area contributed by atoms with Gasteiger partial charge < -0.3 is 4.74 Å². The first-order valence-corrected chi connectivity index (χ1v) is 8.70. The smallest absolute Gasteiger partial charge is 0.131 e. The summed E-state index contributed by atoms with van der Waals surface area (Å²) in [6, 6.07) is 8.59. The van der Waals surface area contributed by atoms with Gasteiger partial charge in [-0.1, -0.05) is 24.3 Å². The van der Waals surface area contributed by atoms with Gasteiger partial charge in [0.2, 0.25) is 0 Å². The Morgan fingerprint density at radius 3 is 2.77 bits per heavy atom. The lowest BCUT2D eigenvalue weighted by atomic mass is 10.1. The molecule has 1 atom stereocenters. The maximum Gasteiger partial charge on any atom is 0.131 e. The molecule has 0 radical (unpaired) electrons. The zero-order valence-corrected chi connectivity index (χ0v) is 14.1. The lowest BCUT2D eigenvalue weighted by Gasteiger charge is -2.25. The van der Waals surface area contributed by atoms with E-state index in [1.165, 1.54) is 24.0 Å². The average Bonchev–Trinajstić information content (AvgIpc) is 3.13. The van der Waals surface area contributed by atoms with Crippen molar-refractivity contribution in [1.82, 2.24) is 15.1 Å². The monoisotopic (exact) mass is 317 g/mol. The van der Waals surface area contributed by atoms with Gasteiger partial charge in [-0.2, -0.15) is 0 Å². The third kappa shape index (κ3) is 4.12. The highest BCUT2D eigenvalue weighted by molar-refractivity contribution is 7.11. The Bertz CT molecular complexity index is 607. The predicted octanol–water partition coefficient (Wildman–Crippen LogP) is 3.34. The summed E-state index contributed by atoms with van der Waals surface area (Å²) in [5.74, 6) is 0. The van der Waals surface area contributed by atoms with Crippen molar-refractivity contribution in [1.29, 1.82) is 0 Å². The van der Waals surface area contributed by atoms with E-state index in [-0.39, 0.29) is 0 Å². The van der Waals surface area contributed by atoms with Gasteiger partial charge in [0, 0.05) is 19.7 Å². The number of aryl methyl sites for hydroxylation is 2. The molecule has 0 aliphatic carbocycles. The van der Waals surface area contributed by atoms with Gasteiger partial charge in [0.25, 0.3) is 0 Å². The first kappa shape index (κ1) is 15.6. The van der Waals surface area contributed by atoms with Crippen LogP contribution in [0.15, 0.2) is 24.3 Å². The second kappa shape index (κ2) is 7.31. The van der Waals surface area contributed by atoms with Gasteiger partial charge in [-0.15, -0.1) is 21.5 Å². The molecule has 0 bridgehead atoms. The number of hydrogen-bond acceptors (Lipinski definition) is 5. The van der Waals surface area contributed by atoms with Crippen LogP contribution in [0.2, 0.25) is 0 Å². The van der Waals surface area contributed by atoms with Gasteiger partial charge >= 0.3 is 0 Å². The first-order valence-electron chi connectivity index (χ1n) is 7.88. The molecule has 22 heavy (non-hydrogen) atoms. The minimum atomic E-state index is 0.359. The van der Waals surface area contributed by atoms with E-state index < -0.39 is 0 Å². The number of aromatic nitrogens is 2. The van der Waals surface area contributed by atoms with Crippen molar-refractivity contribution >= 4 is 11.3 Å². The maximum absolute atomic E-state index is 5.82. The highest BCUT2D eigenvalue weighted by Gasteiger charge is 2.20. The van der Waals surface area contributed by atoms with Crippen LogP contribution < -0.4 is 0 Å². The van der Waals surface area contributed by atoms with Gasteiger partial charge in [-0.25, -0.2) is 0 Å². The third-order valence-electron chi connectivity index (χ3n) is 4.07. The van der Waals surface area contributed by atoms with E-state index in [0.717, 1.165) is 36.3 Å². The third-order valence-corrected chi connectivity index (χ3v) is 4.89. The number of benzene rings is 1. The number of rotatable bonds is 6. The van der Waals surface area contributed by atoms with Gasteiger partial charge in [-0.05, 0) is 37.8 Å². The molecular weight excluding hydrogens is 294 g/mol. The van der Waals surface area contributed by atoms with Crippen LogP contribution in [0, 0.1) is 13.8 Å². The maximum atomic E-state index is 5.82. The Balaban J connectivity index is 1.71. The Morgan fingerprint density at radius 2 is 2.09 bits per heavy atom. The van der Waals surface area contributed by atoms with Crippen molar-refractivity contribution in [2.24, 2.45) is 0 Å². The van der Waals surface area contributed by atoms with Crippen LogP contribution in [0.1, 0.15) is 34.0 Å². The molecule has 1 aromatic heterocycles. The zero-order chi connectivity index (χ0) is 15.4. The predicted molar refractivity (Wildman–Crippen MR) is 88.9 cm³/mol. The molecule has 4 nitrogen and oxygen atoms in total. The lowest BCUT2D eigenvalue weighted by Crippen LogP contribution is -2.31. The molecule has 1 aliphatic rings. The molecule has 0 unspecified atom stereocenters. The van der Waals surface area contributed by atoms with Crippen molar-refractivity contribution in [2.75, 3.05) is 13.2 Å². The zero-order valence-electron chi connectivity index (χ0n) is 13.3. The molecule has 3 rings (SSSR count). The second-order valence-corrected chi connectivity index (χ2v) is 7.21. The summed E-state index contributed by atoms with van der Waals surface area (Å²) in [6.07, 6.45) is 2.71. The van der Waals surface area contributed by atoms with Crippen LogP contribution in [0.25, 0.3) is 0 Å². The van der Waals surface area contributed by atoms with Gasteiger partial charge in [0.1, 0.15) is 10.0 Å². The molecule has 1 saturated heterocycles. The van der Waals surface area contributed by atoms with E-state index in [4.69, 9.17) is 4.74 Å². The summed E-state index contributed by atoms with van der Waals surface area (Å²) in [4.78, 5) is 2.44. The summed E-state index contributed by atoms with van der Waals surface area (Å²) in [6.45, 7) is 7.83. The summed E-state index contributed by atoms with van der Waals surface area (Å²) in [5.41, 5.74) is 2.72. The Kier molecular flexibility index (Phi) is 5.18. The quantitative estimate of drug-likeness (QED) is 0.819. The standard InChI is InChI=1S/C17H23N3OS/c1-13-6-3-4-7-15(13)10-20(11-16-8-5-9-21-16)12-17-19-18-14(2)22-17/h3-4,6-7,16H,5,8-12H2,1-2H3/t16-/m1/s1. The Hall–Kier alpha value is -1.30. The fourth-order valence-electron chi connectivity index (χ4n) is 2.88. The molecule has 0 spiro atoms. The van der Waals surface area contributed by atoms with Crippen LogP contribution in [0.4, 0.5) is 0 Å². The molecule has 118 valence electrons. The molecular formula is C17H23N3OS. The average molecular weight is 317 g/mol. The fraction of sp³-hybridized carbons (Fsp3) is 0.529. The Labute approximate surface area is 136 Å². The molecule has 0 N–H and O–H groups in total. The lowest BCUT2D eigenvalue weighted by molar-refractivity contribution is 0.0677. The van der Waals surface area contributed by atoms with E-state index in [9.17, 15) is 0 Å². The summed E-state index contributed by atoms with van der Waals surface area (Å²) >= 11 is 1.68. The minimum absolute atomic E-state index is 0.359. The highest BCUT2D eigenvalue weighted by Crippen LogP contribution is 2.19. The SMILES string of the molecule is Cc1nnc(CN(Cc2ccccc2C)C[C@H]2CCCO2)s1. The van der Waals surface area contributed by atoms with E-state index in [1.807, 2.05) is 6.92 Å². The largest absolute Gasteiger partial charge is 0.377 e. The number of nitrogens with zero attached hydrogens (tertiary/aromatic N) is 3. The minimum Gasteiger partial charge on any atom is -0.377 e. The van der Waals surface area contributed by atoms with Gasteiger partial charge in [-0.3, -0.25) is 4.90 Å². The van der Waals surface area contributed by atoms with E-state index in [2.05, 4.69) is 46.3 Å². The van der Waals surface area contributed by atoms with Crippen molar-refractivity contribution in [3.63, 3.8) is 0 Å². The van der Waals surface area contributed by atoms with Crippen LogP contribution in [0.5, 0.6) is 0 Å². The molecule has 1 aromatic carbocycles. The summed E-state index contributed by atoms with van der Waals surface area (Å²) in [7, 11) is 0. The van der Waals surface area contributed by atoms with E-state index in [0.29, 0.717) is 6.10 Å². The molecule has 2 heterocycles. The van der Waals surface area contributed by atoms with Crippen molar-refractivity contribution < 1.29 is 4.74 Å². The van der Waals surface area contributed by atoms with Crippen LogP contribution in [-0.2, 0) is 17.8 Å². The fourth-order valence-corrected chi connectivity index (χ4v) is 3.63. The topological polar surface area (TPSA) is 38.2 Å². The van der Waals surface area contributed by atoms with E-state index >= 15 is 0 Å². The van der Waals surface area contributed by atoms with Crippen LogP contribution >= 0.6 is 11.3 Å². The summed E-state index contributed by atoms with van der Waals surface area (Å²) < 4.78 is 5.82. The van der Waals surface area contributed by atoms with Crippen LogP contribution in [-0.4, -0.2) is 34.4 Å². The molecule has 2 aromatic rings. The highest BCUT2D eigenvalue weighted by atomic mass is 32.1. The summed E-state index contributed by atoms with van der Waals surface area (Å²) in [5, 5.41) is 10.5. The Morgan fingerprint density at radius 1 is 1.23 bits per heavy atom. The second-order valence-electron chi connectivity index (χ2n) is 5.95. The molecule has 1 aliphatic heterocycles. The number of hydrogen-bond donors (Lipinski definition) is 0. The molecule has 0 amide bonds. The van der Waals surface area contributed by atoms with Crippen molar-refractivity contribution in [2.45, 2.75) is 45.9 Å². The molecule has 0 saturated carbocycles. The van der Waals surface area contributed by atoms with E-state index in [1.54, 1.807) is 11.3 Å². The van der Waals surface area contributed by atoms with Crippen molar-refractivity contribution in [3.8, 4) is 0 Å². The normalized spacial score (nSPS) is 18.2.